The highest BCUT2D eigenvalue weighted by Crippen LogP contribution is 2.59. The fourth-order valence-corrected chi connectivity index (χ4v) is 7.98. The molecule has 2 bridgehead atoms. The Labute approximate surface area is 312 Å². The summed E-state index contributed by atoms with van der Waals surface area (Å²) in [6.07, 6.45) is -2.15. The molecule has 7 rings (SSSR count). The summed E-state index contributed by atoms with van der Waals surface area (Å²) < 4.78 is 20.0. The monoisotopic (exact) mass is 740 g/mol. The first kappa shape index (κ1) is 37.4. The summed E-state index contributed by atoms with van der Waals surface area (Å²) in [6.45, 7) is 0.927. The average Bonchev–Trinajstić information content (AvgIpc) is 3.76. The number of amides is 3. The Morgan fingerprint density at radius 2 is 1.59 bits per heavy atom. The molecule has 3 amide bonds. The fraction of sp³-hybridized carbons (Fsp3) is 0.400. The summed E-state index contributed by atoms with van der Waals surface area (Å²) >= 11 is 0. The van der Waals surface area contributed by atoms with Crippen molar-refractivity contribution in [1.82, 2.24) is 20.6 Å². The van der Waals surface area contributed by atoms with Crippen molar-refractivity contribution in [2.75, 3.05) is 27.2 Å². The third-order valence-electron chi connectivity index (χ3n) is 10.6. The molecule has 3 aliphatic heterocycles. The summed E-state index contributed by atoms with van der Waals surface area (Å²) in [7, 11) is 3.30. The molecule has 284 valence electrons. The van der Waals surface area contributed by atoms with E-state index >= 15 is 0 Å². The van der Waals surface area contributed by atoms with Crippen LogP contribution in [0, 0.1) is 5.41 Å². The zero-order chi connectivity index (χ0) is 38.2. The van der Waals surface area contributed by atoms with Gasteiger partial charge in [0.2, 0.25) is 23.5 Å². The Morgan fingerprint density at radius 1 is 0.963 bits per heavy atom. The number of fused-ring (bicyclic) bond motifs is 4. The van der Waals surface area contributed by atoms with Crippen LogP contribution in [0.25, 0.3) is 6.08 Å². The van der Waals surface area contributed by atoms with Crippen LogP contribution in [-0.2, 0) is 50.6 Å². The average molecular weight is 741 g/mol. The molecule has 3 aromatic carbocycles. The second kappa shape index (κ2) is 15.1. The summed E-state index contributed by atoms with van der Waals surface area (Å²) in [4.78, 5) is 62.9. The number of benzene rings is 3. The SMILES string of the molecule is CC(O)C(NC(=O)C12CC3OC(=O)C1N(Cc1ccccc1C=CC(=O)N(C)C)OC2C1OC(c2ccccc2)(c2ccccc2)OC31)C(=O)NCCO. The van der Waals surface area contributed by atoms with Crippen LogP contribution in [-0.4, -0.2) is 114 Å². The highest BCUT2D eigenvalue weighted by Gasteiger charge is 2.76. The number of esters is 1. The van der Waals surface area contributed by atoms with E-state index in [2.05, 4.69) is 10.6 Å². The van der Waals surface area contributed by atoms with Crippen molar-refractivity contribution >= 4 is 29.8 Å². The molecular formula is C40H44N4O10. The van der Waals surface area contributed by atoms with Gasteiger partial charge in [-0.3, -0.25) is 24.0 Å². The van der Waals surface area contributed by atoms with Crippen molar-refractivity contribution in [2.24, 2.45) is 5.41 Å². The van der Waals surface area contributed by atoms with Gasteiger partial charge < -0.3 is 40.0 Å². The van der Waals surface area contributed by atoms with Crippen LogP contribution in [0.2, 0.25) is 0 Å². The number of carbonyl (C=O) groups excluding carboxylic acids is 4. The number of hydroxylamine groups is 2. The van der Waals surface area contributed by atoms with E-state index in [0.717, 1.165) is 0 Å². The van der Waals surface area contributed by atoms with Gasteiger partial charge in [0.1, 0.15) is 35.9 Å². The minimum atomic E-state index is -1.68. The molecule has 14 nitrogen and oxygen atoms in total. The van der Waals surface area contributed by atoms with Crippen LogP contribution in [0.3, 0.4) is 0 Å². The molecule has 4 aliphatic rings. The Balaban J connectivity index is 1.32. The Morgan fingerprint density at radius 3 is 2.22 bits per heavy atom. The maximum Gasteiger partial charge on any atom is 0.327 e. The summed E-state index contributed by atoms with van der Waals surface area (Å²) in [5, 5.41) is 26.6. The lowest BCUT2D eigenvalue weighted by atomic mass is 9.62. The molecule has 3 saturated heterocycles. The number of aliphatic hydroxyl groups excluding tert-OH is 2. The van der Waals surface area contributed by atoms with Crippen molar-refractivity contribution in [1.29, 1.82) is 0 Å². The van der Waals surface area contributed by atoms with Crippen molar-refractivity contribution in [2.45, 2.75) is 68.3 Å². The molecule has 1 aliphatic carbocycles. The first-order valence-electron chi connectivity index (χ1n) is 18.0. The largest absolute Gasteiger partial charge is 0.458 e. The second-order valence-corrected chi connectivity index (χ2v) is 14.2. The van der Waals surface area contributed by atoms with E-state index in [9.17, 15) is 29.4 Å². The lowest BCUT2D eigenvalue weighted by Crippen LogP contribution is -2.71. The zero-order valence-electron chi connectivity index (χ0n) is 30.2. The number of carbonyl (C=O) groups is 4. The number of rotatable bonds is 12. The molecule has 3 heterocycles. The lowest BCUT2D eigenvalue weighted by Gasteiger charge is -2.49. The predicted molar refractivity (Wildman–Crippen MR) is 192 cm³/mol. The van der Waals surface area contributed by atoms with E-state index in [0.29, 0.717) is 22.3 Å². The minimum absolute atomic E-state index is 0.00417. The minimum Gasteiger partial charge on any atom is -0.458 e. The van der Waals surface area contributed by atoms with E-state index in [4.69, 9.17) is 19.0 Å². The molecule has 8 atom stereocenters. The first-order valence-corrected chi connectivity index (χ1v) is 18.0. The number of hydrogen-bond acceptors (Lipinski definition) is 11. The van der Waals surface area contributed by atoms with Gasteiger partial charge in [0.15, 0.2) is 6.04 Å². The topological polar surface area (TPSA) is 176 Å². The summed E-state index contributed by atoms with van der Waals surface area (Å²) in [5.74, 6) is -3.83. The highest BCUT2D eigenvalue weighted by atomic mass is 16.8. The Kier molecular flexibility index (Phi) is 10.4. The summed E-state index contributed by atoms with van der Waals surface area (Å²) in [5.41, 5.74) is 1.06. The number of nitrogens with one attached hydrogen (secondary N) is 2. The van der Waals surface area contributed by atoms with Gasteiger partial charge in [0.25, 0.3) is 0 Å². The second-order valence-electron chi connectivity index (χ2n) is 14.2. The van der Waals surface area contributed by atoms with Gasteiger partial charge in [-0.2, -0.15) is 5.06 Å². The van der Waals surface area contributed by atoms with E-state index in [1.807, 2.05) is 84.9 Å². The molecule has 14 heteroatoms. The van der Waals surface area contributed by atoms with Crippen molar-refractivity contribution in [3.8, 4) is 0 Å². The fourth-order valence-electron chi connectivity index (χ4n) is 7.98. The van der Waals surface area contributed by atoms with Crippen LogP contribution in [0.5, 0.6) is 0 Å². The molecule has 8 unspecified atom stereocenters. The molecule has 0 radical (unpaired) electrons. The van der Waals surface area contributed by atoms with Crippen LogP contribution >= 0.6 is 0 Å². The molecule has 3 aromatic rings. The standard InChI is InChI=1S/C40H44N4O10/c1-24(46)31(36(48)41-20-21-45)42-38(50)39-22-29-32-33(53-40(52-32,27-14-6-4-7-15-27)28-16-8-5-9-17-28)35(39)54-44(34(39)37(49)51-29)23-26-13-11-10-12-25(26)18-19-30(47)43(2)3/h4-19,24,29,31-35,45-46H,20-23H2,1-3H3,(H,41,48)(H,42,50). The van der Waals surface area contributed by atoms with Crippen LogP contribution in [0.1, 0.15) is 35.6 Å². The van der Waals surface area contributed by atoms with Crippen molar-refractivity contribution < 1.29 is 48.4 Å². The predicted octanol–water partition coefficient (Wildman–Crippen LogP) is 1.25. The molecule has 4 N–H and O–H groups in total. The van der Waals surface area contributed by atoms with Crippen LogP contribution < -0.4 is 10.6 Å². The third kappa shape index (κ3) is 6.48. The highest BCUT2D eigenvalue weighted by molar-refractivity contribution is 5.96. The van der Waals surface area contributed by atoms with Gasteiger partial charge in [0, 0.05) is 44.3 Å². The van der Waals surface area contributed by atoms with Gasteiger partial charge in [-0.1, -0.05) is 84.9 Å². The molecule has 0 aromatic heterocycles. The number of likely N-dealkylation sites (N-methyl/N-ethyl adjacent to an activating group) is 1. The molecule has 0 spiro atoms. The van der Waals surface area contributed by atoms with Crippen molar-refractivity contribution in [3.63, 3.8) is 0 Å². The van der Waals surface area contributed by atoms with Gasteiger partial charge in [0.05, 0.1) is 19.3 Å². The van der Waals surface area contributed by atoms with Crippen molar-refractivity contribution in [3.05, 3.63) is 113 Å². The molecule has 4 fully saturated rings. The lowest BCUT2D eigenvalue weighted by molar-refractivity contribution is -0.213. The quantitative estimate of drug-likeness (QED) is 0.155. The Hall–Kier alpha value is -4.96. The molecular weight excluding hydrogens is 696 g/mol. The van der Waals surface area contributed by atoms with Crippen LogP contribution in [0.15, 0.2) is 91.0 Å². The smallest absolute Gasteiger partial charge is 0.327 e. The van der Waals surface area contributed by atoms with Crippen LogP contribution in [0.4, 0.5) is 0 Å². The maximum atomic E-state index is 14.9. The van der Waals surface area contributed by atoms with E-state index in [1.54, 1.807) is 20.2 Å². The van der Waals surface area contributed by atoms with E-state index in [1.165, 1.54) is 23.0 Å². The first-order chi connectivity index (χ1) is 26.0. The maximum absolute atomic E-state index is 14.9. The molecule has 1 saturated carbocycles. The molecule has 54 heavy (non-hydrogen) atoms. The number of ether oxygens (including phenoxy) is 3. The number of nitrogens with zero attached hydrogens (tertiary/aromatic N) is 2. The number of aliphatic hydroxyl groups is 2. The number of hydrogen-bond donors (Lipinski definition) is 4. The van der Waals surface area contributed by atoms with E-state index in [-0.39, 0.29) is 32.0 Å². The zero-order valence-corrected chi connectivity index (χ0v) is 30.2. The third-order valence-corrected chi connectivity index (χ3v) is 10.6. The van der Waals surface area contributed by atoms with Gasteiger partial charge >= 0.3 is 5.97 Å². The van der Waals surface area contributed by atoms with Gasteiger partial charge in [-0.15, -0.1) is 0 Å². The van der Waals surface area contributed by atoms with E-state index < -0.39 is 71.6 Å². The normalized spacial score (nSPS) is 27.8. The Bertz CT molecular complexity index is 1870. The summed E-state index contributed by atoms with van der Waals surface area (Å²) in [6, 6.07) is 23.3. The van der Waals surface area contributed by atoms with Gasteiger partial charge in [-0.25, -0.2) is 0 Å². The van der Waals surface area contributed by atoms with Gasteiger partial charge in [-0.05, 0) is 24.1 Å².